The molecule has 0 aromatic carbocycles. The van der Waals surface area contributed by atoms with E-state index in [1.807, 2.05) is 6.07 Å². The molecular formula is C9H8N2O2S. The lowest BCUT2D eigenvalue weighted by Crippen LogP contribution is -1.99. The molecule has 0 saturated heterocycles. The fourth-order valence-corrected chi connectivity index (χ4v) is 1.66. The minimum Gasteiger partial charge on any atom is -0.481 e. The Hall–Kier alpha value is -1.54. The van der Waals surface area contributed by atoms with Crippen LogP contribution in [0.2, 0.25) is 0 Å². The molecular weight excluding hydrogens is 200 g/mol. The van der Waals surface area contributed by atoms with Crippen LogP contribution >= 0.6 is 11.8 Å². The van der Waals surface area contributed by atoms with Crippen molar-refractivity contribution in [3.05, 3.63) is 23.4 Å². The Morgan fingerprint density at radius 2 is 2.50 bits per heavy atom. The third-order valence-corrected chi connectivity index (χ3v) is 2.54. The molecule has 1 N–H and O–H groups in total. The molecule has 4 nitrogen and oxygen atoms in total. The monoisotopic (exact) mass is 208 g/mol. The van der Waals surface area contributed by atoms with Gasteiger partial charge < -0.3 is 5.11 Å². The molecule has 0 saturated carbocycles. The summed E-state index contributed by atoms with van der Waals surface area (Å²) in [6, 6.07) is 3.74. The van der Waals surface area contributed by atoms with E-state index in [1.54, 1.807) is 19.2 Å². The first-order chi connectivity index (χ1) is 6.65. The van der Waals surface area contributed by atoms with E-state index in [2.05, 4.69) is 4.98 Å². The molecule has 1 heterocycles. The van der Waals surface area contributed by atoms with E-state index in [-0.39, 0.29) is 5.75 Å². The van der Waals surface area contributed by atoms with Gasteiger partial charge in [-0.05, 0) is 18.6 Å². The van der Waals surface area contributed by atoms with Crippen molar-refractivity contribution in [2.75, 3.05) is 5.75 Å². The number of carboxylic acids is 1. The molecule has 0 fully saturated rings. The second-order valence-electron chi connectivity index (χ2n) is 2.60. The maximum absolute atomic E-state index is 10.3. The molecule has 1 aromatic rings. The molecule has 0 amide bonds. The standard InChI is InChI=1S/C9H8N2O2S/c1-6-2-3-11-9(7(6)4-10)14-5-8(12)13/h2-3H,5H2,1H3,(H,12,13). The molecule has 0 aliphatic heterocycles. The van der Waals surface area contributed by atoms with Crippen LogP contribution in [0.25, 0.3) is 0 Å². The van der Waals surface area contributed by atoms with Crippen LogP contribution in [-0.4, -0.2) is 21.8 Å². The number of aromatic nitrogens is 1. The smallest absolute Gasteiger partial charge is 0.313 e. The van der Waals surface area contributed by atoms with Gasteiger partial charge in [0, 0.05) is 6.20 Å². The molecule has 1 aromatic heterocycles. The number of thioether (sulfide) groups is 1. The van der Waals surface area contributed by atoms with Crippen LogP contribution in [0.3, 0.4) is 0 Å². The quantitative estimate of drug-likeness (QED) is 0.761. The van der Waals surface area contributed by atoms with Crippen LogP contribution in [0.15, 0.2) is 17.3 Å². The number of aliphatic carboxylic acids is 1. The number of pyridine rings is 1. The zero-order valence-corrected chi connectivity index (χ0v) is 8.34. The Kier molecular flexibility index (Phi) is 3.48. The highest BCUT2D eigenvalue weighted by Crippen LogP contribution is 2.21. The van der Waals surface area contributed by atoms with Gasteiger partial charge in [-0.1, -0.05) is 11.8 Å². The van der Waals surface area contributed by atoms with Gasteiger partial charge in [0.25, 0.3) is 0 Å². The van der Waals surface area contributed by atoms with E-state index in [0.717, 1.165) is 17.3 Å². The summed E-state index contributed by atoms with van der Waals surface area (Å²) in [6.07, 6.45) is 1.57. The molecule has 0 unspecified atom stereocenters. The summed E-state index contributed by atoms with van der Waals surface area (Å²) in [4.78, 5) is 14.3. The third kappa shape index (κ3) is 2.47. The van der Waals surface area contributed by atoms with Crippen molar-refractivity contribution in [3.63, 3.8) is 0 Å². The zero-order valence-electron chi connectivity index (χ0n) is 7.52. The molecule has 0 aliphatic carbocycles. The number of carboxylic acid groups (broad SMARTS) is 1. The molecule has 14 heavy (non-hydrogen) atoms. The van der Waals surface area contributed by atoms with Crippen LogP contribution in [0.1, 0.15) is 11.1 Å². The number of hydrogen-bond acceptors (Lipinski definition) is 4. The van der Waals surface area contributed by atoms with Crippen molar-refractivity contribution in [2.24, 2.45) is 0 Å². The summed E-state index contributed by atoms with van der Waals surface area (Å²) in [6.45, 7) is 1.80. The fourth-order valence-electron chi connectivity index (χ4n) is 0.909. The Bertz CT molecular complexity index is 398. The van der Waals surface area contributed by atoms with Gasteiger partial charge >= 0.3 is 5.97 Å². The van der Waals surface area contributed by atoms with E-state index in [1.165, 1.54) is 0 Å². The van der Waals surface area contributed by atoms with E-state index in [9.17, 15) is 4.79 Å². The van der Waals surface area contributed by atoms with Gasteiger partial charge in [-0.15, -0.1) is 0 Å². The summed E-state index contributed by atoms with van der Waals surface area (Å²) in [5, 5.41) is 17.8. The predicted molar refractivity (Wildman–Crippen MR) is 52.0 cm³/mol. The van der Waals surface area contributed by atoms with Crippen molar-refractivity contribution in [2.45, 2.75) is 11.9 Å². The van der Waals surface area contributed by atoms with Gasteiger partial charge in [0.05, 0.1) is 11.3 Å². The first kappa shape index (κ1) is 10.5. The second kappa shape index (κ2) is 4.63. The van der Waals surface area contributed by atoms with Crippen LogP contribution in [0.5, 0.6) is 0 Å². The number of carbonyl (C=O) groups is 1. The minimum atomic E-state index is -0.915. The molecule has 1 rings (SSSR count). The van der Waals surface area contributed by atoms with Crippen LogP contribution in [0.4, 0.5) is 0 Å². The highest BCUT2D eigenvalue weighted by Gasteiger charge is 2.08. The molecule has 5 heteroatoms. The summed E-state index contributed by atoms with van der Waals surface area (Å²) >= 11 is 1.06. The van der Waals surface area contributed by atoms with E-state index in [4.69, 9.17) is 10.4 Å². The molecule has 72 valence electrons. The van der Waals surface area contributed by atoms with Crippen molar-refractivity contribution in [1.29, 1.82) is 5.26 Å². The SMILES string of the molecule is Cc1ccnc(SCC(=O)O)c1C#N. The van der Waals surface area contributed by atoms with Crippen molar-refractivity contribution in [1.82, 2.24) is 4.98 Å². The number of rotatable bonds is 3. The largest absolute Gasteiger partial charge is 0.481 e. The van der Waals surface area contributed by atoms with Gasteiger partial charge in [-0.3, -0.25) is 4.79 Å². The topological polar surface area (TPSA) is 74.0 Å². The molecule has 0 radical (unpaired) electrons. The zero-order chi connectivity index (χ0) is 10.6. The first-order valence-corrected chi connectivity index (χ1v) is 4.84. The average molecular weight is 208 g/mol. The highest BCUT2D eigenvalue weighted by atomic mass is 32.2. The fraction of sp³-hybridized carbons (Fsp3) is 0.222. The Morgan fingerprint density at radius 1 is 1.79 bits per heavy atom. The summed E-state index contributed by atoms with van der Waals surface area (Å²) in [7, 11) is 0. The van der Waals surface area contributed by atoms with Gasteiger partial charge in [0.15, 0.2) is 0 Å². The third-order valence-electron chi connectivity index (χ3n) is 1.57. The molecule has 0 bridgehead atoms. The second-order valence-corrected chi connectivity index (χ2v) is 3.57. The van der Waals surface area contributed by atoms with Gasteiger partial charge in [0.1, 0.15) is 11.1 Å². The van der Waals surface area contributed by atoms with E-state index >= 15 is 0 Å². The Balaban J connectivity index is 2.92. The highest BCUT2D eigenvalue weighted by molar-refractivity contribution is 7.99. The normalized spacial score (nSPS) is 9.43. The van der Waals surface area contributed by atoms with Crippen molar-refractivity contribution < 1.29 is 9.90 Å². The van der Waals surface area contributed by atoms with E-state index in [0.29, 0.717) is 10.6 Å². The lowest BCUT2D eigenvalue weighted by Gasteiger charge is -2.02. The maximum Gasteiger partial charge on any atom is 0.313 e. The Morgan fingerprint density at radius 3 is 3.07 bits per heavy atom. The van der Waals surface area contributed by atoms with Crippen LogP contribution in [-0.2, 0) is 4.79 Å². The van der Waals surface area contributed by atoms with Crippen molar-refractivity contribution >= 4 is 17.7 Å². The lowest BCUT2D eigenvalue weighted by atomic mass is 10.2. The average Bonchev–Trinajstić information content (AvgIpc) is 2.14. The van der Waals surface area contributed by atoms with Gasteiger partial charge in [-0.25, -0.2) is 4.98 Å². The van der Waals surface area contributed by atoms with Gasteiger partial charge in [-0.2, -0.15) is 5.26 Å². The number of nitrogens with zero attached hydrogens (tertiary/aromatic N) is 2. The van der Waals surface area contributed by atoms with Crippen LogP contribution < -0.4 is 0 Å². The molecule has 0 atom stereocenters. The minimum absolute atomic E-state index is 0.0782. The predicted octanol–water partition coefficient (Wildman–Crippen LogP) is 1.44. The van der Waals surface area contributed by atoms with Gasteiger partial charge in [0.2, 0.25) is 0 Å². The maximum atomic E-state index is 10.3. The van der Waals surface area contributed by atoms with Crippen molar-refractivity contribution in [3.8, 4) is 6.07 Å². The molecule has 0 spiro atoms. The summed E-state index contributed by atoms with van der Waals surface area (Å²) < 4.78 is 0. The first-order valence-electron chi connectivity index (χ1n) is 3.85. The number of nitriles is 1. The number of hydrogen-bond donors (Lipinski definition) is 1. The lowest BCUT2D eigenvalue weighted by molar-refractivity contribution is -0.133. The number of aryl methyl sites for hydroxylation is 1. The Labute approximate surface area is 85.6 Å². The summed E-state index contributed by atoms with van der Waals surface area (Å²) in [5.41, 5.74) is 1.27. The molecule has 0 aliphatic rings. The van der Waals surface area contributed by atoms with E-state index < -0.39 is 5.97 Å². The van der Waals surface area contributed by atoms with Crippen LogP contribution in [0, 0.1) is 18.3 Å². The summed E-state index contributed by atoms with van der Waals surface area (Å²) in [5.74, 6) is -0.993.